The maximum Gasteiger partial charge on any atom is 0.319 e. The molecular weight excluding hydrogens is 441 g/mol. The number of carbonyl (C=O) groups is 2. The van der Waals surface area contributed by atoms with Gasteiger partial charge < -0.3 is 20.7 Å². The van der Waals surface area contributed by atoms with E-state index < -0.39 is 0 Å². The van der Waals surface area contributed by atoms with Gasteiger partial charge in [-0.3, -0.25) is 4.79 Å². The first-order chi connectivity index (χ1) is 14.0. The lowest BCUT2D eigenvalue weighted by atomic mass is 10.1. The fraction of sp³-hybridized carbons (Fsp3) is 0.333. The van der Waals surface area contributed by atoms with Gasteiger partial charge in [0.25, 0.3) is 0 Å². The third kappa shape index (κ3) is 6.83. The Labute approximate surface area is 177 Å². The summed E-state index contributed by atoms with van der Waals surface area (Å²) in [7, 11) is 0. The Bertz CT molecular complexity index is 855. The monoisotopic (exact) mass is 463 g/mol. The Morgan fingerprint density at radius 2 is 1.83 bits per heavy atom. The second-order valence-corrected chi connectivity index (χ2v) is 7.75. The molecule has 29 heavy (non-hydrogen) atoms. The van der Waals surface area contributed by atoms with Gasteiger partial charge in [-0.2, -0.15) is 0 Å². The van der Waals surface area contributed by atoms with Gasteiger partial charge in [0.1, 0.15) is 5.82 Å². The van der Waals surface area contributed by atoms with Crippen LogP contribution in [0.1, 0.15) is 24.8 Å². The van der Waals surface area contributed by atoms with Gasteiger partial charge in [0.2, 0.25) is 5.91 Å². The number of hydrogen-bond acceptors (Lipinski definition) is 3. The quantitative estimate of drug-likeness (QED) is 0.566. The molecule has 2 aromatic carbocycles. The van der Waals surface area contributed by atoms with E-state index in [1.165, 1.54) is 6.07 Å². The molecule has 3 N–H and O–H groups in total. The van der Waals surface area contributed by atoms with Crippen molar-refractivity contribution in [3.8, 4) is 0 Å². The van der Waals surface area contributed by atoms with E-state index in [1.807, 2.05) is 0 Å². The lowest BCUT2D eigenvalue weighted by Crippen LogP contribution is -2.35. The maximum absolute atomic E-state index is 13.8. The van der Waals surface area contributed by atoms with Gasteiger partial charge in [0.05, 0.1) is 6.10 Å². The zero-order valence-corrected chi connectivity index (χ0v) is 17.4. The highest BCUT2D eigenvalue weighted by Crippen LogP contribution is 2.18. The number of nitrogens with one attached hydrogen (secondary N) is 3. The first-order valence-corrected chi connectivity index (χ1v) is 10.3. The molecule has 0 bridgehead atoms. The summed E-state index contributed by atoms with van der Waals surface area (Å²) in [5.74, 6) is -0.539. The standard InChI is InChI=1S/C21H23BrFN3O3/c22-15-5-3-14(19(23)12-15)4-10-20(27)25-16-6-8-17(9-7-16)26-21(28)24-13-18-2-1-11-29-18/h3,5-9,12,18H,1-2,4,10-11,13H2,(H,25,27)(H2,24,26,28). The van der Waals surface area contributed by atoms with E-state index in [-0.39, 0.29) is 30.3 Å². The van der Waals surface area contributed by atoms with Crippen LogP contribution in [0, 0.1) is 5.82 Å². The molecule has 1 fully saturated rings. The largest absolute Gasteiger partial charge is 0.376 e. The highest BCUT2D eigenvalue weighted by molar-refractivity contribution is 9.10. The molecule has 1 saturated heterocycles. The zero-order valence-electron chi connectivity index (χ0n) is 15.8. The molecule has 1 aliphatic heterocycles. The molecule has 0 radical (unpaired) electrons. The van der Waals surface area contributed by atoms with Crippen LogP contribution in [0.2, 0.25) is 0 Å². The van der Waals surface area contributed by atoms with Gasteiger partial charge in [-0.05, 0) is 61.2 Å². The van der Waals surface area contributed by atoms with Gasteiger partial charge in [-0.15, -0.1) is 0 Å². The molecule has 1 aliphatic rings. The molecule has 6 nitrogen and oxygen atoms in total. The summed E-state index contributed by atoms with van der Waals surface area (Å²) in [6, 6.07) is 11.3. The molecule has 1 unspecified atom stereocenters. The molecule has 3 rings (SSSR count). The van der Waals surface area contributed by atoms with Crippen LogP contribution in [0.15, 0.2) is 46.9 Å². The summed E-state index contributed by atoms with van der Waals surface area (Å²) >= 11 is 3.21. The molecule has 0 spiro atoms. The van der Waals surface area contributed by atoms with Gasteiger partial charge in [-0.1, -0.05) is 22.0 Å². The SMILES string of the molecule is O=C(CCc1ccc(Br)cc1F)Nc1ccc(NC(=O)NCC2CCCO2)cc1. The van der Waals surface area contributed by atoms with E-state index in [0.29, 0.717) is 34.4 Å². The zero-order chi connectivity index (χ0) is 20.6. The van der Waals surface area contributed by atoms with Crippen molar-refractivity contribution in [1.82, 2.24) is 5.32 Å². The molecular formula is C21H23BrFN3O3. The smallest absolute Gasteiger partial charge is 0.319 e. The first kappa shape index (κ1) is 21.3. The van der Waals surface area contributed by atoms with Crippen LogP contribution < -0.4 is 16.0 Å². The Morgan fingerprint density at radius 1 is 1.10 bits per heavy atom. The minimum Gasteiger partial charge on any atom is -0.376 e. The molecule has 0 aromatic heterocycles. The van der Waals surface area contributed by atoms with E-state index in [1.54, 1.807) is 36.4 Å². The van der Waals surface area contributed by atoms with Crippen molar-refractivity contribution >= 4 is 39.2 Å². The van der Waals surface area contributed by atoms with Crippen molar-refractivity contribution in [1.29, 1.82) is 0 Å². The van der Waals surface area contributed by atoms with E-state index in [0.717, 1.165) is 19.4 Å². The maximum atomic E-state index is 13.8. The third-order valence-corrected chi connectivity index (χ3v) is 5.07. The Balaban J connectivity index is 1.42. The van der Waals surface area contributed by atoms with E-state index >= 15 is 0 Å². The number of urea groups is 1. The average molecular weight is 464 g/mol. The van der Waals surface area contributed by atoms with E-state index in [9.17, 15) is 14.0 Å². The average Bonchev–Trinajstić information content (AvgIpc) is 3.21. The topological polar surface area (TPSA) is 79.5 Å². The number of anilines is 2. The molecule has 8 heteroatoms. The Morgan fingerprint density at radius 3 is 2.48 bits per heavy atom. The van der Waals surface area contributed by atoms with Crippen LogP contribution in [0.3, 0.4) is 0 Å². The number of halogens is 2. The van der Waals surface area contributed by atoms with Crippen molar-refractivity contribution in [3.63, 3.8) is 0 Å². The van der Waals surface area contributed by atoms with Gasteiger partial charge in [0, 0.05) is 35.4 Å². The number of amides is 3. The molecule has 0 aliphatic carbocycles. The molecule has 2 aromatic rings. The molecule has 0 saturated carbocycles. The summed E-state index contributed by atoms with van der Waals surface area (Å²) in [4.78, 5) is 24.0. The predicted molar refractivity (Wildman–Crippen MR) is 113 cm³/mol. The number of carbonyl (C=O) groups excluding carboxylic acids is 2. The Kier molecular flexibility index (Phi) is 7.60. The molecule has 1 atom stereocenters. The van der Waals surface area contributed by atoms with Crippen LogP contribution in [-0.4, -0.2) is 31.2 Å². The van der Waals surface area contributed by atoms with Crippen molar-refractivity contribution in [2.24, 2.45) is 0 Å². The second-order valence-electron chi connectivity index (χ2n) is 6.83. The van der Waals surface area contributed by atoms with Crippen LogP contribution in [0.5, 0.6) is 0 Å². The van der Waals surface area contributed by atoms with Gasteiger partial charge >= 0.3 is 6.03 Å². The van der Waals surface area contributed by atoms with Crippen LogP contribution in [0.25, 0.3) is 0 Å². The number of ether oxygens (including phenoxy) is 1. The summed E-state index contributed by atoms with van der Waals surface area (Å²) < 4.78 is 19.9. The number of benzene rings is 2. The number of aryl methyl sites for hydroxylation is 1. The minimum absolute atomic E-state index is 0.0872. The van der Waals surface area contributed by atoms with Crippen molar-refractivity contribution in [2.75, 3.05) is 23.8 Å². The summed E-state index contributed by atoms with van der Waals surface area (Å²) in [5.41, 5.74) is 1.72. The third-order valence-electron chi connectivity index (χ3n) is 4.58. The fourth-order valence-corrected chi connectivity index (χ4v) is 3.35. The predicted octanol–water partition coefficient (Wildman–Crippen LogP) is 4.46. The summed E-state index contributed by atoms with van der Waals surface area (Å²) in [6.07, 6.45) is 2.56. The lowest BCUT2D eigenvalue weighted by molar-refractivity contribution is -0.116. The van der Waals surface area contributed by atoms with Crippen molar-refractivity contribution in [3.05, 3.63) is 58.3 Å². The van der Waals surface area contributed by atoms with Crippen molar-refractivity contribution < 1.29 is 18.7 Å². The van der Waals surface area contributed by atoms with Gasteiger partial charge in [-0.25, -0.2) is 9.18 Å². The number of hydrogen-bond donors (Lipinski definition) is 3. The summed E-state index contributed by atoms with van der Waals surface area (Å²) in [5, 5.41) is 8.29. The minimum atomic E-state index is -0.333. The highest BCUT2D eigenvalue weighted by Gasteiger charge is 2.16. The summed E-state index contributed by atoms with van der Waals surface area (Å²) in [6.45, 7) is 1.23. The van der Waals surface area contributed by atoms with Crippen LogP contribution in [-0.2, 0) is 16.0 Å². The lowest BCUT2D eigenvalue weighted by Gasteiger charge is -2.12. The normalized spacial score (nSPS) is 15.7. The van der Waals surface area contributed by atoms with Gasteiger partial charge in [0.15, 0.2) is 0 Å². The fourth-order valence-electron chi connectivity index (χ4n) is 3.02. The Hall–Kier alpha value is -2.45. The first-order valence-electron chi connectivity index (χ1n) is 9.50. The van der Waals surface area contributed by atoms with Crippen LogP contribution >= 0.6 is 15.9 Å². The molecule has 3 amide bonds. The van der Waals surface area contributed by atoms with E-state index in [4.69, 9.17) is 4.74 Å². The number of rotatable bonds is 7. The molecule has 1 heterocycles. The second kappa shape index (κ2) is 10.4. The van der Waals surface area contributed by atoms with E-state index in [2.05, 4.69) is 31.9 Å². The highest BCUT2D eigenvalue weighted by atomic mass is 79.9. The molecule has 154 valence electrons. The van der Waals surface area contributed by atoms with Crippen molar-refractivity contribution in [2.45, 2.75) is 31.8 Å². The van der Waals surface area contributed by atoms with Crippen LogP contribution in [0.4, 0.5) is 20.6 Å².